The number of nitrogens with one attached hydrogen (secondary N) is 1. The average molecular weight is 371 g/mol. The van der Waals surface area contributed by atoms with Gasteiger partial charge in [0.25, 0.3) is 11.8 Å². The van der Waals surface area contributed by atoms with Crippen LogP contribution in [0.25, 0.3) is 21.9 Å². The number of carbonyl (C=O) groups excluding carboxylic acids is 2. The van der Waals surface area contributed by atoms with Crippen molar-refractivity contribution in [1.29, 1.82) is 0 Å². The molecule has 0 unspecified atom stereocenters. The monoisotopic (exact) mass is 371 g/mol. The van der Waals surface area contributed by atoms with Crippen molar-refractivity contribution in [2.75, 3.05) is 7.11 Å². The number of hydrogen-bond donors (Lipinski definition) is 1. The molecular weight excluding hydrogens is 359 g/mol. The molecule has 0 aliphatic carbocycles. The fourth-order valence-electron chi connectivity index (χ4n) is 3.28. The van der Waals surface area contributed by atoms with E-state index in [1.165, 1.54) is 19.2 Å². The summed E-state index contributed by atoms with van der Waals surface area (Å²) in [6.07, 6.45) is -4.46. The Morgan fingerprint density at radius 2 is 1.59 bits per heavy atom. The number of amides is 2. The number of carbonyl (C=O) groups is 2. The van der Waals surface area contributed by atoms with Gasteiger partial charge in [-0.15, -0.1) is 0 Å². The van der Waals surface area contributed by atoms with E-state index in [1.54, 1.807) is 24.3 Å². The molecule has 2 amide bonds. The zero-order valence-corrected chi connectivity index (χ0v) is 14.0. The zero-order chi connectivity index (χ0) is 19.3. The Kier molecular flexibility index (Phi) is 3.69. The molecule has 0 aromatic heterocycles. The van der Waals surface area contributed by atoms with Gasteiger partial charge < -0.3 is 4.74 Å². The van der Waals surface area contributed by atoms with Gasteiger partial charge in [-0.2, -0.15) is 13.2 Å². The van der Waals surface area contributed by atoms with Crippen molar-refractivity contribution in [3.8, 4) is 16.9 Å². The number of fused-ring (bicyclic) bond motifs is 2. The molecule has 0 saturated heterocycles. The summed E-state index contributed by atoms with van der Waals surface area (Å²) in [5.41, 5.74) is 0.371. The maximum atomic E-state index is 12.9. The normalized spacial score (nSPS) is 13.6. The molecule has 3 aromatic rings. The summed E-state index contributed by atoms with van der Waals surface area (Å²) in [6, 6.07) is 11.2. The SMILES string of the molecule is COc1ccc2cc3c(c(-c4ccc(C(F)(F)F)cc4)c2c1)C(=O)NC3=O. The molecule has 0 atom stereocenters. The van der Waals surface area contributed by atoms with Gasteiger partial charge >= 0.3 is 6.18 Å². The number of benzene rings is 3. The maximum absolute atomic E-state index is 12.9. The van der Waals surface area contributed by atoms with Gasteiger partial charge in [0.2, 0.25) is 0 Å². The second kappa shape index (κ2) is 5.84. The number of rotatable bonds is 2. The molecule has 0 spiro atoms. The van der Waals surface area contributed by atoms with Gasteiger partial charge in [0, 0.05) is 5.56 Å². The van der Waals surface area contributed by atoms with Crippen LogP contribution in [-0.2, 0) is 6.18 Å². The van der Waals surface area contributed by atoms with Crippen LogP contribution < -0.4 is 10.1 Å². The van der Waals surface area contributed by atoms with Crippen molar-refractivity contribution < 1.29 is 27.5 Å². The minimum Gasteiger partial charge on any atom is -0.497 e. The minimum absolute atomic E-state index is 0.153. The fraction of sp³-hybridized carbons (Fsp3) is 0.100. The van der Waals surface area contributed by atoms with E-state index in [9.17, 15) is 22.8 Å². The molecule has 4 nitrogen and oxygen atoms in total. The topological polar surface area (TPSA) is 55.4 Å². The molecule has 0 bridgehead atoms. The summed E-state index contributed by atoms with van der Waals surface area (Å²) in [6.45, 7) is 0. The third-order valence-corrected chi connectivity index (χ3v) is 4.55. The third kappa shape index (κ3) is 2.71. The molecule has 27 heavy (non-hydrogen) atoms. The quantitative estimate of drug-likeness (QED) is 0.679. The highest BCUT2D eigenvalue weighted by Gasteiger charge is 2.33. The lowest BCUT2D eigenvalue weighted by atomic mass is 9.90. The maximum Gasteiger partial charge on any atom is 0.416 e. The summed E-state index contributed by atoms with van der Waals surface area (Å²) in [7, 11) is 1.49. The Hall–Kier alpha value is -3.35. The summed E-state index contributed by atoms with van der Waals surface area (Å²) < 4.78 is 43.9. The number of hydrogen-bond acceptors (Lipinski definition) is 3. The van der Waals surface area contributed by atoms with E-state index in [0.29, 0.717) is 27.6 Å². The Balaban J connectivity index is 2.04. The van der Waals surface area contributed by atoms with Crippen LogP contribution in [0.5, 0.6) is 5.75 Å². The van der Waals surface area contributed by atoms with Crippen molar-refractivity contribution in [2.45, 2.75) is 6.18 Å². The molecule has 7 heteroatoms. The molecule has 0 saturated carbocycles. The van der Waals surface area contributed by atoms with Gasteiger partial charge in [-0.05, 0) is 46.7 Å². The van der Waals surface area contributed by atoms with Gasteiger partial charge in [-0.3, -0.25) is 14.9 Å². The Morgan fingerprint density at radius 1 is 0.889 bits per heavy atom. The molecule has 3 aromatic carbocycles. The van der Waals surface area contributed by atoms with Crippen LogP contribution in [0.2, 0.25) is 0 Å². The molecule has 0 fully saturated rings. The van der Waals surface area contributed by atoms with E-state index in [4.69, 9.17) is 4.74 Å². The van der Waals surface area contributed by atoms with Gasteiger partial charge in [0.05, 0.1) is 23.8 Å². The van der Waals surface area contributed by atoms with E-state index in [0.717, 1.165) is 12.1 Å². The Bertz CT molecular complexity index is 1100. The molecule has 1 N–H and O–H groups in total. The van der Waals surface area contributed by atoms with E-state index in [2.05, 4.69) is 5.32 Å². The first-order chi connectivity index (χ1) is 12.8. The van der Waals surface area contributed by atoms with Crippen molar-refractivity contribution in [2.24, 2.45) is 0 Å². The highest BCUT2D eigenvalue weighted by molar-refractivity contribution is 6.27. The van der Waals surface area contributed by atoms with Crippen molar-refractivity contribution in [3.05, 3.63) is 65.2 Å². The second-order valence-electron chi connectivity index (χ2n) is 6.12. The first-order valence-electron chi connectivity index (χ1n) is 7.97. The highest BCUT2D eigenvalue weighted by Crippen LogP contribution is 2.39. The summed E-state index contributed by atoms with van der Waals surface area (Å²) in [5, 5.41) is 3.53. The highest BCUT2D eigenvalue weighted by atomic mass is 19.4. The largest absolute Gasteiger partial charge is 0.497 e. The lowest BCUT2D eigenvalue weighted by molar-refractivity contribution is -0.137. The average Bonchev–Trinajstić information content (AvgIpc) is 2.92. The first kappa shape index (κ1) is 17.1. The summed E-state index contributed by atoms with van der Waals surface area (Å²) in [4.78, 5) is 24.5. The molecule has 1 aliphatic rings. The van der Waals surface area contributed by atoms with Crippen molar-refractivity contribution in [1.82, 2.24) is 5.32 Å². The van der Waals surface area contributed by atoms with Crippen LogP contribution >= 0.6 is 0 Å². The number of alkyl halides is 3. The van der Waals surface area contributed by atoms with E-state index >= 15 is 0 Å². The zero-order valence-electron chi connectivity index (χ0n) is 14.0. The first-order valence-corrected chi connectivity index (χ1v) is 7.97. The van der Waals surface area contributed by atoms with Gasteiger partial charge in [0.15, 0.2) is 0 Å². The standard InChI is InChI=1S/C20H12F3NO3/c1-27-13-7-4-11-8-15-17(19(26)24-18(15)25)16(14(11)9-13)10-2-5-12(6-3-10)20(21,22)23/h2-9H,1H3,(H,24,25,26). The summed E-state index contributed by atoms with van der Waals surface area (Å²) >= 11 is 0. The van der Waals surface area contributed by atoms with Gasteiger partial charge in [-0.1, -0.05) is 18.2 Å². The second-order valence-corrected chi connectivity index (χ2v) is 6.12. The molecular formula is C20H12F3NO3. The minimum atomic E-state index is -4.46. The van der Waals surface area contributed by atoms with Crippen LogP contribution in [0.15, 0.2) is 48.5 Å². The summed E-state index contributed by atoms with van der Waals surface area (Å²) in [5.74, 6) is -0.573. The Morgan fingerprint density at radius 3 is 2.22 bits per heavy atom. The number of halogens is 3. The predicted molar refractivity (Wildman–Crippen MR) is 92.7 cm³/mol. The lowest BCUT2D eigenvalue weighted by Gasteiger charge is -2.14. The number of imide groups is 1. The smallest absolute Gasteiger partial charge is 0.416 e. The van der Waals surface area contributed by atoms with Gasteiger partial charge in [-0.25, -0.2) is 0 Å². The van der Waals surface area contributed by atoms with E-state index < -0.39 is 23.6 Å². The van der Waals surface area contributed by atoms with Crippen LogP contribution in [0, 0.1) is 0 Å². The number of ether oxygens (including phenoxy) is 1. The number of methoxy groups -OCH3 is 1. The van der Waals surface area contributed by atoms with Gasteiger partial charge in [0.1, 0.15) is 5.75 Å². The van der Waals surface area contributed by atoms with Crippen LogP contribution in [0.3, 0.4) is 0 Å². The van der Waals surface area contributed by atoms with Crippen LogP contribution in [0.1, 0.15) is 26.3 Å². The van der Waals surface area contributed by atoms with Crippen molar-refractivity contribution in [3.63, 3.8) is 0 Å². The molecule has 136 valence electrons. The predicted octanol–water partition coefficient (Wildman–Crippen LogP) is 4.42. The fourth-order valence-corrected chi connectivity index (χ4v) is 3.28. The van der Waals surface area contributed by atoms with Crippen LogP contribution in [0.4, 0.5) is 13.2 Å². The molecule has 1 heterocycles. The third-order valence-electron chi connectivity index (χ3n) is 4.55. The Labute approximate surface area is 151 Å². The van der Waals surface area contributed by atoms with Crippen molar-refractivity contribution >= 4 is 22.6 Å². The lowest BCUT2D eigenvalue weighted by Crippen LogP contribution is -2.20. The van der Waals surface area contributed by atoms with E-state index in [-0.39, 0.29) is 11.1 Å². The molecule has 0 radical (unpaired) electrons. The van der Waals surface area contributed by atoms with E-state index in [1.807, 2.05) is 0 Å². The molecule has 4 rings (SSSR count). The molecule has 1 aliphatic heterocycles. The van der Waals surface area contributed by atoms with Crippen LogP contribution in [-0.4, -0.2) is 18.9 Å².